The molecule has 0 unspecified atom stereocenters. The van der Waals surface area contributed by atoms with Crippen LogP contribution < -0.4 is 10.5 Å². The lowest BCUT2D eigenvalue weighted by atomic mass is 10.00. The Morgan fingerprint density at radius 2 is 1.94 bits per heavy atom. The zero-order valence-electron chi connectivity index (χ0n) is 20.0. The van der Waals surface area contributed by atoms with E-state index in [1.807, 2.05) is 42.6 Å². The third-order valence-corrected chi connectivity index (χ3v) is 6.53. The molecule has 0 bridgehead atoms. The van der Waals surface area contributed by atoms with E-state index in [0.717, 1.165) is 45.4 Å². The van der Waals surface area contributed by atoms with Gasteiger partial charge in [-0.2, -0.15) is 5.10 Å². The van der Waals surface area contributed by atoms with E-state index in [1.54, 1.807) is 12.5 Å². The van der Waals surface area contributed by atoms with Crippen molar-refractivity contribution in [3.05, 3.63) is 90.6 Å². The Labute approximate surface area is 208 Å². The fraction of sp³-hybridized carbons (Fsp3) is 0.172. The minimum Gasteiger partial charge on any atom is -0.490 e. The van der Waals surface area contributed by atoms with Gasteiger partial charge in [0.15, 0.2) is 5.76 Å². The molecule has 4 heterocycles. The average Bonchev–Trinajstić information content (AvgIpc) is 3.67. The largest absolute Gasteiger partial charge is 0.490 e. The van der Waals surface area contributed by atoms with Crippen LogP contribution in [-0.4, -0.2) is 32.8 Å². The summed E-state index contributed by atoms with van der Waals surface area (Å²) in [5.74, 6) is 1.37. The fourth-order valence-electron chi connectivity index (χ4n) is 4.70. The predicted octanol–water partition coefficient (Wildman–Crippen LogP) is 5.88. The van der Waals surface area contributed by atoms with E-state index < -0.39 is 0 Å². The Balaban J connectivity index is 1.28. The third kappa shape index (κ3) is 4.14. The van der Waals surface area contributed by atoms with E-state index in [4.69, 9.17) is 19.9 Å². The van der Waals surface area contributed by atoms with E-state index in [9.17, 15) is 0 Å². The minimum absolute atomic E-state index is 0.160. The van der Waals surface area contributed by atoms with Crippen LogP contribution in [0.3, 0.4) is 0 Å². The van der Waals surface area contributed by atoms with E-state index in [2.05, 4.69) is 46.4 Å². The zero-order valence-corrected chi connectivity index (χ0v) is 20.0. The number of benzene rings is 2. The Bertz CT molecular complexity index is 1630. The van der Waals surface area contributed by atoms with Gasteiger partial charge in [-0.05, 0) is 60.4 Å². The first-order valence-electron chi connectivity index (χ1n) is 12.1. The highest BCUT2D eigenvalue weighted by atomic mass is 16.5. The van der Waals surface area contributed by atoms with Crippen LogP contribution in [0.25, 0.3) is 44.4 Å². The molecule has 0 aliphatic carbocycles. The highest BCUT2D eigenvalue weighted by Gasteiger charge is 2.16. The van der Waals surface area contributed by atoms with Crippen LogP contribution in [0.5, 0.6) is 5.75 Å². The number of para-hydroxylation sites is 1. The van der Waals surface area contributed by atoms with Crippen LogP contribution in [0.1, 0.15) is 18.2 Å². The molecule has 6 rings (SSSR count). The number of aromatic nitrogens is 4. The normalized spacial score (nSPS) is 12.4. The molecule has 1 atom stereocenters. The van der Waals surface area contributed by atoms with Crippen LogP contribution in [0.15, 0.2) is 83.7 Å². The molecule has 180 valence electrons. The smallest absolute Gasteiger partial charge is 0.152 e. The second kappa shape index (κ2) is 9.36. The number of nitrogens with two attached hydrogens (primary N) is 1. The van der Waals surface area contributed by atoms with Crippen molar-refractivity contribution in [1.82, 2.24) is 20.2 Å². The molecular formula is C29H27N5O2. The topological polar surface area (TPSA) is 106 Å². The van der Waals surface area contributed by atoms with E-state index in [-0.39, 0.29) is 6.04 Å². The second-order valence-electron chi connectivity index (χ2n) is 8.96. The Morgan fingerprint density at radius 3 is 2.81 bits per heavy atom. The number of nitrogens with one attached hydrogen (secondary N) is 2. The van der Waals surface area contributed by atoms with Gasteiger partial charge in [-0.25, -0.2) is 4.98 Å². The lowest BCUT2D eigenvalue weighted by Gasteiger charge is -2.15. The van der Waals surface area contributed by atoms with Gasteiger partial charge in [0.05, 0.1) is 23.7 Å². The molecule has 0 saturated heterocycles. The molecule has 0 amide bonds. The monoisotopic (exact) mass is 477 g/mol. The number of pyridine rings is 1. The number of furan rings is 1. The van der Waals surface area contributed by atoms with Gasteiger partial charge in [0.25, 0.3) is 0 Å². The van der Waals surface area contributed by atoms with Crippen LogP contribution >= 0.6 is 0 Å². The third-order valence-electron chi connectivity index (χ3n) is 6.53. The molecule has 4 N–H and O–H groups in total. The second-order valence-corrected chi connectivity index (χ2v) is 8.96. The molecule has 4 aromatic heterocycles. The van der Waals surface area contributed by atoms with Gasteiger partial charge in [-0.1, -0.05) is 31.2 Å². The highest BCUT2D eigenvalue weighted by molar-refractivity contribution is 5.89. The summed E-state index contributed by atoms with van der Waals surface area (Å²) >= 11 is 0. The molecule has 0 aliphatic heterocycles. The fourth-order valence-corrected chi connectivity index (χ4v) is 4.70. The summed E-state index contributed by atoms with van der Waals surface area (Å²) in [5.41, 5.74) is 13.5. The van der Waals surface area contributed by atoms with Crippen molar-refractivity contribution in [2.24, 2.45) is 5.73 Å². The summed E-state index contributed by atoms with van der Waals surface area (Å²) in [6.45, 7) is 2.48. The molecule has 0 spiro atoms. The first-order chi connectivity index (χ1) is 17.7. The quantitative estimate of drug-likeness (QED) is 0.254. The summed E-state index contributed by atoms with van der Waals surface area (Å²) in [6.07, 6.45) is 6.98. The minimum atomic E-state index is -0.160. The summed E-state index contributed by atoms with van der Waals surface area (Å²) in [6, 6.07) is 20.1. The van der Waals surface area contributed by atoms with Gasteiger partial charge in [0.1, 0.15) is 18.1 Å². The van der Waals surface area contributed by atoms with Crippen molar-refractivity contribution >= 4 is 21.8 Å². The molecule has 0 saturated carbocycles. The van der Waals surface area contributed by atoms with Crippen molar-refractivity contribution in [1.29, 1.82) is 0 Å². The van der Waals surface area contributed by atoms with Gasteiger partial charge in [0, 0.05) is 34.1 Å². The van der Waals surface area contributed by atoms with Crippen LogP contribution in [0.4, 0.5) is 0 Å². The van der Waals surface area contributed by atoms with Crippen molar-refractivity contribution in [2.45, 2.75) is 25.8 Å². The molecule has 7 heteroatoms. The number of fused-ring (bicyclic) bond motifs is 2. The lowest BCUT2D eigenvalue weighted by Crippen LogP contribution is -2.30. The SMILES string of the molecule is CCc1n[nH]c2ccc(-c3cc(OC[C@@H](N)Cc4c[nH]c5ccccc45)cnc3-c3ccco3)cc12. The first-order valence-corrected chi connectivity index (χ1v) is 12.1. The Morgan fingerprint density at radius 1 is 1.03 bits per heavy atom. The maximum absolute atomic E-state index is 6.46. The van der Waals surface area contributed by atoms with Gasteiger partial charge in [0.2, 0.25) is 0 Å². The number of ether oxygens (including phenoxy) is 1. The number of aryl methyl sites for hydroxylation is 1. The van der Waals surface area contributed by atoms with Gasteiger partial charge < -0.3 is 19.9 Å². The maximum Gasteiger partial charge on any atom is 0.152 e. The maximum atomic E-state index is 6.46. The number of hydrogen-bond donors (Lipinski definition) is 3. The number of rotatable bonds is 8. The molecule has 7 nitrogen and oxygen atoms in total. The van der Waals surface area contributed by atoms with Gasteiger partial charge >= 0.3 is 0 Å². The molecule has 6 aromatic rings. The standard InChI is InChI=1S/C29H27N5O2/c1-2-25-24-13-18(9-10-27(24)34-33-25)23-14-21(16-32-29(23)28-8-5-11-35-28)36-17-20(30)12-19-15-31-26-7-4-3-6-22(19)26/h3-11,13-16,20,31H,2,12,17,30H2,1H3,(H,33,34)/t20-/m0/s1. The van der Waals surface area contributed by atoms with Crippen molar-refractivity contribution in [3.63, 3.8) is 0 Å². The summed E-state index contributed by atoms with van der Waals surface area (Å²) < 4.78 is 11.8. The highest BCUT2D eigenvalue weighted by Crippen LogP contribution is 2.35. The summed E-state index contributed by atoms with van der Waals surface area (Å²) in [4.78, 5) is 8.02. The molecule has 0 aliphatic rings. The Kier molecular flexibility index (Phi) is 5.75. The van der Waals surface area contributed by atoms with Crippen molar-refractivity contribution < 1.29 is 9.15 Å². The number of H-pyrrole nitrogens is 2. The van der Waals surface area contributed by atoms with Crippen molar-refractivity contribution in [3.8, 4) is 28.3 Å². The Hall–Kier alpha value is -4.36. The summed E-state index contributed by atoms with van der Waals surface area (Å²) in [5, 5.41) is 9.84. The molecule has 0 fully saturated rings. The van der Waals surface area contributed by atoms with E-state index in [0.29, 0.717) is 24.5 Å². The predicted molar refractivity (Wildman–Crippen MR) is 142 cm³/mol. The molecular weight excluding hydrogens is 450 g/mol. The van der Waals surface area contributed by atoms with Crippen LogP contribution in [0.2, 0.25) is 0 Å². The number of hydrogen-bond acceptors (Lipinski definition) is 5. The van der Waals surface area contributed by atoms with Crippen LogP contribution in [-0.2, 0) is 12.8 Å². The van der Waals surface area contributed by atoms with E-state index >= 15 is 0 Å². The zero-order chi connectivity index (χ0) is 24.5. The molecule has 36 heavy (non-hydrogen) atoms. The number of aromatic amines is 2. The van der Waals surface area contributed by atoms with Gasteiger partial charge in [-0.3, -0.25) is 5.10 Å². The van der Waals surface area contributed by atoms with Gasteiger partial charge in [-0.15, -0.1) is 0 Å². The summed E-state index contributed by atoms with van der Waals surface area (Å²) in [7, 11) is 0. The average molecular weight is 478 g/mol. The number of nitrogens with zero attached hydrogens (tertiary/aromatic N) is 2. The lowest BCUT2D eigenvalue weighted by molar-refractivity contribution is 0.287. The van der Waals surface area contributed by atoms with Crippen LogP contribution in [0, 0.1) is 0 Å². The first kappa shape index (κ1) is 22.1. The van der Waals surface area contributed by atoms with Crippen molar-refractivity contribution in [2.75, 3.05) is 6.61 Å². The molecule has 2 aromatic carbocycles. The van der Waals surface area contributed by atoms with E-state index in [1.165, 1.54) is 10.9 Å². The molecule has 0 radical (unpaired) electrons.